The van der Waals surface area contributed by atoms with Gasteiger partial charge < -0.3 is 74.2 Å². The number of rotatable bonds is 19. The highest BCUT2D eigenvalue weighted by Crippen LogP contribution is 2.75. The van der Waals surface area contributed by atoms with Gasteiger partial charge in [0, 0.05) is 106 Å². The van der Waals surface area contributed by atoms with Crippen LogP contribution in [0.1, 0.15) is 412 Å². The first-order chi connectivity index (χ1) is 65.1. The van der Waals surface area contributed by atoms with Gasteiger partial charge in [0.15, 0.2) is 17.4 Å². The highest BCUT2D eigenvalue weighted by molar-refractivity contribution is 5.84. The Morgan fingerprint density at radius 2 is 0.757 bits per heavy atom. The molecule has 5 N–H and O–H groups in total. The van der Waals surface area contributed by atoms with E-state index in [2.05, 4.69) is 116 Å². The number of likely N-dealkylation sites (N-methyl/N-ethyl adjacent to an activating group) is 1. The molecule has 0 unspecified atom stereocenters. The lowest BCUT2D eigenvalue weighted by molar-refractivity contribution is -0.273. The van der Waals surface area contributed by atoms with Crippen molar-refractivity contribution in [1.29, 1.82) is 0 Å². The van der Waals surface area contributed by atoms with E-state index >= 15 is 0 Å². The van der Waals surface area contributed by atoms with Gasteiger partial charge in [-0.05, 0) is 358 Å². The number of ether oxygens (including phenoxy) is 7. The van der Waals surface area contributed by atoms with Crippen molar-refractivity contribution < 1.29 is 67.0 Å². The van der Waals surface area contributed by atoms with Gasteiger partial charge in [0.05, 0.1) is 44.7 Å². The third-order valence-electron chi connectivity index (χ3n) is 45.5. The van der Waals surface area contributed by atoms with E-state index in [1.165, 1.54) is 161 Å². The van der Waals surface area contributed by atoms with Crippen LogP contribution in [-0.4, -0.2) is 181 Å². The van der Waals surface area contributed by atoms with Crippen molar-refractivity contribution in [1.82, 2.24) is 36.0 Å². The van der Waals surface area contributed by atoms with E-state index in [9.17, 15) is 33.9 Å². The normalized spacial score (nSPS) is 46.6. The average Bonchev–Trinajstić information content (AvgIpc) is 1.65. The maximum atomic E-state index is 13.9. The van der Waals surface area contributed by atoms with Crippen molar-refractivity contribution in [2.24, 2.45) is 151 Å². The largest absolute Gasteiger partial charge is 0.481 e. The molecule has 0 aromatic heterocycles. The van der Waals surface area contributed by atoms with E-state index in [1.807, 2.05) is 16.7 Å². The Bertz CT molecular complexity index is 4070. The van der Waals surface area contributed by atoms with Crippen LogP contribution < -0.4 is 21.3 Å². The van der Waals surface area contributed by atoms with Crippen LogP contribution in [0.4, 0.5) is 14.4 Å². The van der Waals surface area contributed by atoms with Crippen molar-refractivity contribution in [3.05, 3.63) is 0 Å². The average molecular weight is 1900 g/mol. The van der Waals surface area contributed by atoms with Crippen LogP contribution in [0.3, 0.4) is 0 Å². The molecular formula is C115H191N7O14. The summed E-state index contributed by atoms with van der Waals surface area (Å²) >= 11 is 0. The van der Waals surface area contributed by atoms with Gasteiger partial charge in [-0.1, -0.05) is 154 Å². The number of hydrogen-bond donors (Lipinski definition) is 5. The summed E-state index contributed by atoms with van der Waals surface area (Å²) in [6, 6.07) is 1.56. The molecule has 6 saturated heterocycles. The zero-order valence-corrected chi connectivity index (χ0v) is 87.9. The summed E-state index contributed by atoms with van der Waals surface area (Å²) in [7, 11) is 1.67. The van der Waals surface area contributed by atoms with E-state index < -0.39 is 5.97 Å². The Labute approximate surface area is 821 Å². The molecule has 14 aliphatic carbocycles. The molecular weight excluding hydrogens is 1700 g/mol. The standard InChI is InChI=1S/C40H66N2O5.C38H64N2O5.C37H61N3O4/c1-6-45-35(43)13-10-22-42(30-11-8-7-9-12-30)37(44)41-29-17-19-38(4)28(23-29)14-15-31-32(38)18-20-39(5)33(31)24-34-36(39)27(3)40(47-34)21-16-26(2)25-46-40;1-6-27-22-30(39-35(43)40(20-10-13-33(41)42)31-11-8-7-9-12-31)16-18-36(27,4)28-15-17-37(5)29(21-28)23-32-34(37)26(3)38(45-32)19-14-25(2)24-44-38;1-23-13-18-37(43-22-23)24(2)33-31(44-37)20-30-28-12-11-25-19-26(14-16-35(25,3)29(28)15-17-36(30,33)4)39-34(42)40(21-32(41)38-5)27-9-7-6-8-10-27/h26-34,36H,6-25H2,1-5H3,(H,41,44);25-32,34H,6-24H2,1-5H3,(H,39,43)(H,41,42);23-31,33H,6-22H2,1-5H3,(H,38,41)(H,39,42)/t26-,27-,28+,29+,31+,32-,33-,34-,36-,38-,39-,40+;25-,26-,27+,28-,29+,30+,32-,34-,36-,37-,38+;23-,24-,25+,26+,28+,29-,30-,31-,33-,35-,36-,37+/m000/s1. The number of carboxylic acid groups (broad SMARTS) is 1. The molecule has 0 bridgehead atoms. The number of urea groups is 3. The molecule has 0 aromatic carbocycles. The molecule has 0 aromatic rings. The number of aliphatic carboxylic acids is 1. The maximum Gasteiger partial charge on any atom is 0.318 e. The summed E-state index contributed by atoms with van der Waals surface area (Å²) in [5.74, 6) is 11.4. The number of carboxylic acids is 1. The second-order valence-corrected chi connectivity index (χ2v) is 52.3. The van der Waals surface area contributed by atoms with Crippen LogP contribution in [0.2, 0.25) is 0 Å². The lowest BCUT2D eigenvalue weighted by Gasteiger charge is -2.61. The molecule has 6 heterocycles. The van der Waals surface area contributed by atoms with Crippen molar-refractivity contribution >= 4 is 35.9 Å². The minimum Gasteiger partial charge on any atom is -0.481 e. The van der Waals surface area contributed by atoms with Gasteiger partial charge in [-0.15, -0.1) is 0 Å². The van der Waals surface area contributed by atoms with Crippen molar-refractivity contribution in [3.63, 3.8) is 0 Å². The molecule has 770 valence electrons. The number of fused-ring (bicyclic) bond motifs is 17. The highest BCUT2D eigenvalue weighted by atomic mass is 16.7. The summed E-state index contributed by atoms with van der Waals surface area (Å²) < 4.78 is 45.7. The second-order valence-electron chi connectivity index (χ2n) is 52.3. The van der Waals surface area contributed by atoms with Crippen LogP contribution in [0, 0.1) is 151 Å². The first-order valence-electron chi connectivity index (χ1n) is 57.9. The van der Waals surface area contributed by atoms with Crippen LogP contribution in [0.25, 0.3) is 0 Å². The van der Waals surface area contributed by atoms with E-state index in [-0.39, 0.29) is 90.5 Å². The molecule has 0 radical (unpaired) electrons. The fourth-order valence-electron chi connectivity index (χ4n) is 37.7. The molecule has 21 nitrogen and oxygen atoms in total. The smallest absolute Gasteiger partial charge is 0.318 e. The van der Waals surface area contributed by atoms with Gasteiger partial charge in [0.2, 0.25) is 5.91 Å². The fourth-order valence-corrected chi connectivity index (χ4v) is 37.7. The Hall–Kier alpha value is -4.02. The molecule has 21 heteroatoms. The van der Waals surface area contributed by atoms with E-state index in [0.29, 0.717) is 167 Å². The van der Waals surface area contributed by atoms with Crippen molar-refractivity contribution in [3.8, 4) is 0 Å². The number of carbonyl (C=O) groups is 6. The highest BCUT2D eigenvalue weighted by Gasteiger charge is 2.73. The van der Waals surface area contributed by atoms with Gasteiger partial charge in [0.25, 0.3) is 0 Å². The SMILES string of the molecule is CCOC(=O)CCCN(C(=O)N[C@@H]1CC[C@@]2(C)[C@H](CC[C@@H]3[C@@H]2CC[C@]2(C)[C@@H]4[C@H](C[C@@H]32)O[C@]2(CC[C@H](C)CO2)[C@H]4C)C1)C1CCCCC1.CC[C@@H]1C[C@H](NC(=O)N(CCCC(=O)O)C2CCCCC2)CC[C@]1(C)[C@H]1CC[C@@]2(C)[C@H](C1)C[C@@H]1O[C@]3(CC[C@H](C)CO3)[C@@H](C)[C@@H]12.CNC(=O)CN(C(=O)N[C@@H]1CC[C@@]2(C)[C@H](CC[C@@H]3[C@@H]2CC[C@]2(C)[C@@H]4[C@H](C[C@@H]32)O[C@]2(CC[C@H](C)CO2)[C@H]4C)C1)C1CCCCC1. The molecule has 20 aliphatic rings. The molecule has 14 saturated carbocycles. The predicted molar refractivity (Wildman–Crippen MR) is 532 cm³/mol. The van der Waals surface area contributed by atoms with Gasteiger partial charge in [-0.3, -0.25) is 14.4 Å². The Kier molecular flexibility index (Phi) is 31.1. The van der Waals surface area contributed by atoms with Gasteiger partial charge in [0.1, 0.15) is 6.54 Å². The summed E-state index contributed by atoms with van der Waals surface area (Å²) in [5, 5.41) is 22.4. The molecule has 20 rings (SSSR count). The van der Waals surface area contributed by atoms with Crippen LogP contribution in [0.15, 0.2) is 0 Å². The first-order valence-corrected chi connectivity index (χ1v) is 57.9. The number of esters is 1. The molecule has 20 fully saturated rings. The lowest BCUT2D eigenvalue weighted by atomic mass is 9.44. The number of nitrogens with zero attached hydrogens (tertiary/aromatic N) is 3. The summed E-state index contributed by atoms with van der Waals surface area (Å²) in [6.07, 6.45) is 56.2. The first kappa shape index (κ1) is 102. The summed E-state index contributed by atoms with van der Waals surface area (Å²) in [4.78, 5) is 82.7. The molecule has 7 amide bonds. The van der Waals surface area contributed by atoms with Crippen molar-refractivity contribution in [2.45, 2.75) is 483 Å². The second kappa shape index (κ2) is 41.5. The van der Waals surface area contributed by atoms with Crippen LogP contribution in [0.5, 0.6) is 0 Å². The zero-order valence-electron chi connectivity index (χ0n) is 87.9. The Morgan fingerprint density at radius 1 is 0.375 bits per heavy atom. The third-order valence-corrected chi connectivity index (χ3v) is 45.5. The molecule has 35 atom stereocenters. The summed E-state index contributed by atoms with van der Waals surface area (Å²) in [6.45, 7) is 38.5. The quantitative estimate of drug-likeness (QED) is 0.0756. The van der Waals surface area contributed by atoms with Crippen molar-refractivity contribution in [2.75, 3.05) is 53.1 Å². The van der Waals surface area contributed by atoms with E-state index in [4.69, 9.17) is 33.2 Å². The topological polar surface area (TPSA) is 245 Å². The zero-order chi connectivity index (χ0) is 95.8. The number of nitrogens with one attached hydrogen (secondary N) is 4. The summed E-state index contributed by atoms with van der Waals surface area (Å²) in [5.41, 5.74) is 2.14. The van der Waals surface area contributed by atoms with Gasteiger partial charge >= 0.3 is 30.0 Å². The van der Waals surface area contributed by atoms with Crippen LogP contribution in [-0.2, 0) is 47.5 Å². The van der Waals surface area contributed by atoms with Gasteiger partial charge in [-0.25, -0.2) is 14.4 Å². The molecule has 6 aliphatic heterocycles. The minimum absolute atomic E-state index is 0.0167. The Balaban J connectivity index is 0.000000136. The number of carbonyl (C=O) groups excluding carboxylic acids is 5. The lowest BCUT2D eigenvalue weighted by Crippen LogP contribution is -2.57. The maximum absolute atomic E-state index is 13.9. The predicted octanol–water partition coefficient (Wildman–Crippen LogP) is 23.8. The van der Waals surface area contributed by atoms with E-state index in [0.717, 1.165) is 196 Å². The number of hydrogen-bond acceptors (Lipinski definition) is 13. The molecule has 3 spiro atoms. The minimum atomic E-state index is -0.779. The third kappa shape index (κ3) is 19.4. The Morgan fingerprint density at radius 3 is 1.17 bits per heavy atom. The number of amides is 7. The van der Waals surface area contributed by atoms with E-state index in [1.54, 1.807) is 7.05 Å². The molecule has 136 heavy (non-hydrogen) atoms. The van der Waals surface area contributed by atoms with Gasteiger partial charge in [-0.2, -0.15) is 0 Å². The van der Waals surface area contributed by atoms with Crippen LogP contribution >= 0.6 is 0 Å². The monoisotopic (exact) mass is 1890 g/mol. The fraction of sp³-hybridized carbons (Fsp3) is 0.948.